The molecule has 0 aliphatic heterocycles. The Morgan fingerprint density at radius 2 is 2.16 bits per heavy atom. The van der Waals surface area contributed by atoms with Gasteiger partial charge in [-0.1, -0.05) is 15.9 Å². The summed E-state index contributed by atoms with van der Waals surface area (Å²) in [6, 6.07) is 3.52. The van der Waals surface area contributed by atoms with Crippen molar-refractivity contribution in [2.75, 3.05) is 33.1 Å². The molecule has 1 atom stereocenters. The molecule has 6 heteroatoms. The number of ether oxygens (including phenoxy) is 2. The van der Waals surface area contributed by atoms with Crippen molar-refractivity contribution in [3.63, 3.8) is 0 Å². The number of halogens is 1. The third-order valence-electron chi connectivity index (χ3n) is 2.83. The van der Waals surface area contributed by atoms with Crippen molar-refractivity contribution < 1.29 is 14.3 Å². The first-order valence-corrected chi connectivity index (χ1v) is 6.64. The Labute approximate surface area is 121 Å². The molecule has 106 valence electrons. The number of nitrogens with two attached hydrogens (primary N) is 1. The molecule has 0 bridgehead atoms. The van der Waals surface area contributed by atoms with Crippen LogP contribution in [0.25, 0.3) is 0 Å². The Morgan fingerprint density at radius 3 is 2.74 bits per heavy atom. The second-order valence-electron chi connectivity index (χ2n) is 4.19. The average molecular weight is 331 g/mol. The minimum Gasteiger partial charge on any atom is -0.398 e. The molecule has 0 aliphatic carbocycles. The van der Waals surface area contributed by atoms with Gasteiger partial charge in [0.2, 0.25) is 0 Å². The van der Waals surface area contributed by atoms with Crippen LogP contribution in [0, 0.1) is 6.92 Å². The Morgan fingerprint density at radius 1 is 1.47 bits per heavy atom. The van der Waals surface area contributed by atoms with Crippen LogP contribution >= 0.6 is 15.9 Å². The third kappa shape index (κ3) is 4.49. The van der Waals surface area contributed by atoms with Crippen LogP contribution in [0.4, 0.5) is 5.69 Å². The van der Waals surface area contributed by atoms with Gasteiger partial charge in [0.05, 0.1) is 12.7 Å². The van der Waals surface area contributed by atoms with E-state index in [0.717, 1.165) is 10.0 Å². The van der Waals surface area contributed by atoms with E-state index in [1.807, 2.05) is 6.92 Å². The zero-order chi connectivity index (χ0) is 14.4. The van der Waals surface area contributed by atoms with Gasteiger partial charge in [0.1, 0.15) is 0 Å². The SMILES string of the molecule is COCC(CNC(=O)c1cc(Br)cc(N)c1C)OC. The third-order valence-corrected chi connectivity index (χ3v) is 3.29. The van der Waals surface area contributed by atoms with E-state index in [0.29, 0.717) is 24.4 Å². The maximum Gasteiger partial charge on any atom is 0.251 e. The van der Waals surface area contributed by atoms with Crippen molar-refractivity contribution >= 4 is 27.5 Å². The molecule has 3 N–H and O–H groups in total. The van der Waals surface area contributed by atoms with E-state index in [2.05, 4.69) is 21.2 Å². The van der Waals surface area contributed by atoms with E-state index < -0.39 is 0 Å². The maximum atomic E-state index is 12.1. The van der Waals surface area contributed by atoms with Gasteiger partial charge in [0.25, 0.3) is 5.91 Å². The van der Waals surface area contributed by atoms with Crippen LogP contribution in [0.2, 0.25) is 0 Å². The van der Waals surface area contributed by atoms with Crippen LogP contribution in [0.15, 0.2) is 16.6 Å². The predicted molar refractivity (Wildman–Crippen MR) is 78.3 cm³/mol. The molecule has 0 saturated heterocycles. The van der Waals surface area contributed by atoms with Crippen molar-refractivity contribution in [2.24, 2.45) is 0 Å². The highest BCUT2D eigenvalue weighted by Crippen LogP contribution is 2.22. The molecule has 0 aromatic heterocycles. The largest absolute Gasteiger partial charge is 0.398 e. The number of benzene rings is 1. The van der Waals surface area contributed by atoms with E-state index in [9.17, 15) is 4.79 Å². The molecular weight excluding hydrogens is 312 g/mol. The van der Waals surface area contributed by atoms with Crippen molar-refractivity contribution in [1.29, 1.82) is 0 Å². The highest BCUT2D eigenvalue weighted by atomic mass is 79.9. The Bertz CT molecular complexity index is 452. The van der Waals surface area contributed by atoms with E-state index in [4.69, 9.17) is 15.2 Å². The molecule has 0 aliphatic rings. The van der Waals surface area contributed by atoms with Crippen LogP contribution in [0.1, 0.15) is 15.9 Å². The molecule has 1 aromatic carbocycles. The molecule has 0 heterocycles. The summed E-state index contributed by atoms with van der Waals surface area (Å²) in [6.45, 7) is 2.63. The van der Waals surface area contributed by atoms with Gasteiger partial charge < -0.3 is 20.5 Å². The summed E-state index contributed by atoms with van der Waals surface area (Å²) in [6.07, 6.45) is -0.168. The molecule has 0 radical (unpaired) electrons. The smallest absolute Gasteiger partial charge is 0.251 e. The fourth-order valence-electron chi connectivity index (χ4n) is 1.63. The number of amides is 1. The number of hydrogen-bond acceptors (Lipinski definition) is 4. The summed E-state index contributed by atoms with van der Waals surface area (Å²) in [5.41, 5.74) is 7.74. The number of carbonyl (C=O) groups excluding carboxylic acids is 1. The zero-order valence-corrected chi connectivity index (χ0v) is 12.9. The van der Waals surface area contributed by atoms with Crippen molar-refractivity contribution in [2.45, 2.75) is 13.0 Å². The topological polar surface area (TPSA) is 73.6 Å². The van der Waals surface area contributed by atoms with Gasteiger partial charge in [-0.15, -0.1) is 0 Å². The second-order valence-corrected chi connectivity index (χ2v) is 5.11. The van der Waals surface area contributed by atoms with Crippen LogP contribution in [0.3, 0.4) is 0 Å². The lowest BCUT2D eigenvalue weighted by molar-refractivity contribution is 0.0285. The summed E-state index contributed by atoms with van der Waals surface area (Å²) in [5.74, 6) is -0.177. The van der Waals surface area contributed by atoms with Gasteiger partial charge >= 0.3 is 0 Å². The van der Waals surface area contributed by atoms with Gasteiger partial charge in [-0.2, -0.15) is 0 Å². The van der Waals surface area contributed by atoms with Crippen LogP contribution in [-0.2, 0) is 9.47 Å². The summed E-state index contributed by atoms with van der Waals surface area (Å²) < 4.78 is 11.0. The minimum atomic E-state index is -0.177. The number of nitrogen functional groups attached to an aromatic ring is 1. The molecule has 0 fully saturated rings. The molecule has 0 saturated carbocycles. The summed E-state index contributed by atoms with van der Waals surface area (Å²) in [4.78, 5) is 12.1. The van der Waals surface area contributed by atoms with Gasteiger partial charge in [-0.3, -0.25) is 4.79 Å². The normalized spacial score (nSPS) is 12.2. The first-order valence-electron chi connectivity index (χ1n) is 5.85. The van der Waals surface area contributed by atoms with Crippen LogP contribution < -0.4 is 11.1 Å². The van der Waals surface area contributed by atoms with Crippen molar-refractivity contribution in [1.82, 2.24) is 5.32 Å². The fourth-order valence-corrected chi connectivity index (χ4v) is 2.11. The second kappa shape index (κ2) is 7.47. The maximum absolute atomic E-state index is 12.1. The first kappa shape index (κ1) is 15.9. The number of rotatable bonds is 6. The number of hydrogen-bond donors (Lipinski definition) is 2. The van der Waals surface area contributed by atoms with Crippen LogP contribution in [-0.4, -0.2) is 39.4 Å². The van der Waals surface area contributed by atoms with Crippen molar-refractivity contribution in [3.8, 4) is 0 Å². The highest BCUT2D eigenvalue weighted by Gasteiger charge is 2.14. The number of anilines is 1. The Kier molecular flexibility index (Phi) is 6.27. The van der Waals surface area contributed by atoms with Crippen LogP contribution in [0.5, 0.6) is 0 Å². The molecule has 1 rings (SSSR count). The average Bonchev–Trinajstić information content (AvgIpc) is 2.38. The number of nitrogens with one attached hydrogen (secondary N) is 1. The molecule has 1 aromatic rings. The summed E-state index contributed by atoms with van der Waals surface area (Å²) in [5, 5.41) is 2.81. The van der Waals surface area contributed by atoms with E-state index in [1.54, 1.807) is 26.4 Å². The Hall–Kier alpha value is -1.11. The standard InChI is InChI=1S/C13H19BrN2O3/c1-8-11(4-9(14)5-12(8)15)13(17)16-6-10(19-3)7-18-2/h4-5,10H,6-7,15H2,1-3H3,(H,16,17). The quantitative estimate of drug-likeness (QED) is 0.779. The van der Waals surface area contributed by atoms with E-state index >= 15 is 0 Å². The van der Waals surface area contributed by atoms with Crippen molar-refractivity contribution in [3.05, 3.63) is 27.7 Å². The lowest BCUT2D eigenvalue weighted by Crippen LogP contribution is -2.35. The fraction of sp³-hybridized carbons (Fsp3) is 0.462. The van der Waals surface area contributed by atoms with Gasteiger partial charge in [0.15, 0.2) is 0 Å². The molecule has 1 unspecified atom stereocenters. The van der Waals surface area contributed by atoms with Gasteiger partial charge in [-0.05, 0) is 24.6 Å². The number of carbonyl (C=O) groups is 1. The molecule has 19 heavy (non-hydrogen) atoms. The van der Waals surface area contributed by atoms with Gasteiger partial charge in [0, 0.05) is 36.5 Å². The lowest BCUT2D eigenvalue weighted by Gasteiger charge is -2.16. The zero-order valence-electron chi connectivity index (χ0n) is 11.3. The molecule has 5 nitrogen and oxygen atoms in total. The monoisotopic (exact) mass is 330 g/mol. The van der Waals surface area contributed by atoms with E-state index in [-0.39, 0.29) is 12.0 Å². The summed E-state index contributed by atoms with van der Waals surface area (Å²) in [7, 11) is 3.17. The Balaban J connectivity index is 2.73. The predicted octanol–water partition coefficient (Wildman–Crippen LogP) is 1.73. The molecular formula is C13H19BrN2O3. The number of methoxy groups -OCH3 is 2. The lowest BCUT2D eigenvalue weighted by atomic mass is 10.1. The first-order chi connectivity index (χ1) is 8.99. The minimum absolute atomic E-state index is 0.168. The van der Waals surface area contributed by atoms with E-state index in [1.165, 1.54) is 0 Å². The molecule has 1 amide bonds. The van der Waals surface area contributed by atoms with Gasteiger partial charge in [-0.25, -0.2) is 0 Å². The highest BCUT2D eigenvalue weighted by molar-refractivity contribution is 9.10. The molecule has 0 spiro atoms. The summed E-state index contributed by atoms with van der Waals surface area (Å²) >= 11 is 3.33.